The Morgan fingerprint density at radius 1 is 1.25 bits per heavy atom. The lowest BCUT2D eigenvalue weighted by Gasteiger charge is -2.22. The smallest absolute Gasteiger partial charge is 0.335 e. The molecule has 0 aromatic carbocycles. The van der Waals surface area contributed by atoms with Gasteiger partial charge in [0, 0.05) is 0 Å². The highest BCUT2D eigenvalue weighted by molar-refractivity contribution is 5.98. The van der Waals surface area contributed by atoms with Gasteiger partial charge in [0.25, 0.3) is 0 Å². The Morgan fingerprint density at radius 3 is 2.06 bits per heavy atom. The lowest BCUT2D eigenvalue weighted by atomic mass is 10.2. The van der Waals surface area contributed by atoms with E-state index in [0.717, 1.165) is 0 Å². The van der Waals surface area contributed by atoms with Gasteiger partial charge in [-0.15, -0.1) is 0 Å². The SMILES string of the molecule is CC(C)(C)OC(=O)[C@H](NCC(=O)O)C(=O)O. The topological polar surface area (TPSA) is 113 Å². The summed E-state index contributed by atoms with van der Waals surface area (Å²) in [5.74, 6) is -3.74. The van der Waals surface area contributed by atoms with E-state index in [1.165, 1.54) is 0 Å². The third kappa shape index (κ3) is 5.97. The zero-order valence-electron chi connectivity index (χ0n) is 9.31. The zero-order chi connectivity index (χ0) is 12.9. The van der Waals surface area contributed by atoms with Crippen LogP contribution in [0.15, 0.2) is 0 Å². The van der Waals surface area contributed by atoms with Crippen LogP contribution in [0.1, 0.15) is 20.8 Å². The average molecular weight is 233 g/mol. The van der Waals surface area contributed by atoms with Crippen molar-refractivity contribution in [3.8, 4) is 0 Å². The molecule has 0 aliphatic rings. The number of nitrogens with one attached hydrogen (secondary N) is 1. The first-order valence-corrected chi connectivity index (χ1v) is 4.54. The fraction of sp³-hybridized carbons (Fsp3) is 0.667. The molecule has 0 saturated heterocycles. The van der Waals surface area contributed by atoms with Crippen LogP contribution < -0.4 is 5.32 Å². The van der Waals surface area contributed by atoms with Gasteiger partial charge in [-0.25, -0.2) is 9.59 Å². The summed E-state index contributed by atoms with van der Waals surface area (Å²) in [5, 5.41) is 19.1. The monoisotopic (exact) mass is 233 g/mol. The fourth-order valence-electron chi connectivity index (χ4n) is 0.822. The van der Waals surface area contributed by atoms with Gasteiger partial charge >= 0.3 is 17.9 Å². The minimum Gasteiger partial charge on any atom is -0.480 e. The second-order valence-electron chi connectivity index (χ2n) is 4.08. The molecule has 7 heteroatoms. The lowest BCUT2D eigenvalue weighted by Crippen LogP contribution is -2.48. The molecule has 0 rings (SSSR count). The maximum absolute atomic E-state index is 11.4. The normalized spacial score (nSPS) is 12.9. The van der Waals surface area contributed by atoms with Crippen LogP contribution in [0, 0.1) is 0 Å². The van der Waals surface area contributed by atoms with E-state index in [4.69, 9.17) is 14.9 Å². The van der Waals surface area contributed by atoms with E-state index in [-0.39, 0.29) is 0 Å². The molecule has 3 N–H and O–H groups in total. The Labute approximate surface area is 92.4 Å². The first-order valence-electron chi connectivity index (χ1n) is 4.54. The molecular formula is C9H15NO6. The Balaban J connectivity index is 4.48. The van der Waals surface area contributed by atoms with E-state index in [0.29, 0.717) is 0 Å². The highest BCUT2D eigenvalue weighted by Gasteiger charge is 2.31. The first-order chi connectivity index (χ1) is 7.13. The third-order valence-corrected chi connectivity index (χ3v) is 1.35. The number of carbonyl (C=O) groups excluding carboxylic acids is 1. The number of ether oxygens (including phenoxy) is 1. The molecule has 92 valence electrons. The summed E-state index contributed by atoms with van der Waals surface area (Å²) in [7, 11) is 0. The molecule has 0 aliphatic heterocycles. The minimum atomic E-state index is -1.67. The summed E-state index contributed by atoms with van der Waals surface area (Å²) >= 11 is 0. The number of rotatable bonds is 5. The first kappa shape index (κ1) is 14.4. The summed E-state index contributed by atoms with van der Waals surface area (Å²) in [6.07, 6.45) is 0. The van der Waals surface area contributed by atoms with E-state index in [9.17, 15) is 14.4 Å². The number of esters is 1. The van der Waals surface area contributed by atoms with E-state index < -0.39 is 36.1 Å². The molecule has 0 amide bonds. The summed E-state index contributed by atoms with van der Waals surface area (Å²) < 4.78 is 4.82. The molecule has 0 bridgehead atoms. The number of hydrogen-bond donors (Lipinski definition) is 3. The van der Waals surface area contributed by atoms with E-state index >= 15 is 0 Å². The third-order valence-electron chi connectivity index (χ3n) is 1.35. The quantitative estimate of drug-likeness (QED) is 0.431. The molecule has 0 unspecified atom stereocenters. The predicted octanol–water partition coefficient (Wildman–Crippen LogP) is -0.544. The van der Waals surface area contributed by atoms with E-state index in [1.54, 1.807) is 20.8 Å². The van der Waals surface area contributed by atoms with Crippen LogP contribution >= 0.6 is 0 Å². The molecule has 0 aromatic rings. The van der Waals surface area contributed by atoms with Crippen molar-refractivity contribution >= 4 is 17.9 Å². The number of carbonyl (C=O) groups is 3. The van der Waals surface area contributed by atoms with Crippen LogP contribution in [0.25, 0.3) is 0 Å². The van der Waals surface area contributed by atoms with Crippen molar-refractivity contribution in [2.75, 3.05) is 6.54 Å². The van der Waals surface area contributed by atoms with E-state index in [2.05, 4.69) is 5.32 Å². The second-order valence-corrected chi connectivity index (χ2v) is 4.08. The molecule has 1 atom stereocenters. The Kier molecular flexibility index (Phi) is 4.90. The van der Waals surface area contributed by atoms with Crippen molar-refractivity contribution in [1.29, 1.82) is 0 Å². The Morgan fingerprint density at radius 2 is 1.75 bits per heavy atom. The summed E-state index contributed by atoms with van der Waals surface area (Å²) in [6, 6.07) is -1.67. The van der Waals surface area contributed by atoms with Crippen molar-refractivity contribution in [3.63, 3.8) is 0 Å². The zero-order valence-corrected chi connectivity index (χ0v) is 9.31. The molecule has 0 aliphatic carbocycles. The highest BCUT2D eigenvalue weighted by atomic mass is 16.6. The van der Waals surface area contributed by atoms with Gasteiger partial charge < -0.3 is 14.9 Å². The Hall–Kier alpha value is -1.63. The highest BCUT2D eigenvalue weighted by Crippen LogP contribution is 2.08. The van der Waals surface area contributed by atoms with Gasteiger partial charge in [0.2, 0.25) is 6.04 Å². The number of aliphatic carboxylic acids is 2. The van der Waals surface area contributed by atoms with Gasteiger partial charge in [0.15, 0.2) is 0 Å². The predicted molar refractivity (Wildman–Crippen MR) is 52.9 cm³/mol. The maximum atomic E-state index is 11.4. The van der Waals surface area contributed by atoms with Crippen molar-refractivity contribution in [2.45, 2.75) is 32.4 Å². The van der Waals surface area contributed by atoms with Gasteiger partial charge in [-0.2, -0.15) is 0 Å². The van der Waals surface area contributed by atoms with Crippen molar-refractivity contribution in [3.05, 3.63) is 0 Å². The van der Waals surface area contributed by atoms with Gasteiger partial charge in [-0.3, -0.25) is 10.1 Å². The number of hydrogen-bond acceptors (Lipinski definition) is 5. The minimum absolute atomic E-state index is 0.629. The van der Waals surface area contributed by atoms with E-state index in [1.807, 2.05) is 0 Å². The summed E-state index contributed by atoms with van der Waals surface area (Å²) in [4.78, 5) is 32.3. The molecular weight excluding hydrogens is 218 g/mol. The van der Waals surface area contributed by atoms with Crippen molar-refractivity contribution < 1.29 is 29.3 Å². The Bertz CT molecular complexity index is 293. The molecule has 0 aromatic heterocycles. The van der Waals surface area contributed by atoms with Gasteiger partial charge in [0.05, 0.1) is 6.54 Å². The average Bonchev–Trinajstić information content (AvgIpc) is 1.98. The van der Waals surface area contributed by atoms with Crippen molar-refractivity contribution in [1.82, 2.24) is 5.32 Å². The molecule has 7 nitrogen and oxygen atoms in total. The standard InChI is InChI=1S/C9H15NO6/c1-9(2,3)16-8(15)6(7(13)14)10-4-5(11)12/h6,10H,4H2,1-3H3,(H,11,12)(H,13,14)/t6-/m1/s1. The molecule has 0 saturated carbocycles. The van der Waals surface area contributed by atoms with Gasteiger partial charge in [-0.1, -0.05) is 0 Å². The lowest BCUT2D eigenvalue weighted by molar-refractivity contribution is -0.163. The number of carboxylic acid groups (broad SMARTS) is 2. The van der Waals surface area contributed by atoms with Crippen LogP contribution in [-0.2, 0) is 19.1 Å². The number of carboxylic acids is 2. The maximum Gasteiger partial charge on any atom is 0.335 e. The second kappa shape index (κ2) is 5.45. The van der Waals surface area contributed by atoms with Crippen LogP contribution in [0.2, 0.25) is 0 Å². The van der Waals surface area contributed by atoms with Crippen LogP contribution in [0.5, 0.6) is 0 Å². The molecule has 16 heavy (non-hydrogen) atoms. The summed E-state index contributed by atoms with van der Waals surface area (Å²) in [5.41, 5.74) is -0.824. The van der Waals surface area contributed by atoms with Crippen LogP contribution in [0.4, 0.5) is 0 Å². The largest absolute Gasteiger partial charge is 0.480 e. The fourth-order valence-corrected chi connectivity index (χ4v) is 0.822. The van der Waals surface area contributed by atoms with Crippen LogP contribution in [0.3, 0.4) is 0 Å². The summed E-state index contributed by atoms with van der Waals surface area (Å²) in [6.45, 7) is 4.12. The van der Waals surface area contributed by atoms with Crippen LogP contribution in [-0.4, -0.2) is 46.3 Å². The molecule has 0 radical (unpaired) electrons. The molecule has 0 heterocycles. The molecule has 0 spiro atoms. The van der Waals surface area contributed by atoms with Crippen molar-refractivity contribution in [2.24, 2.45) is 0 Å². The van der Waals surface area contributed by atoms with Gasteiger partial charge in [-0.05, 0) is 20.8 Å². The van der Waals surface area contributed by atoms with Gasteiger partial charge in [0.1, 0.15) is 5.60 Å². The molecule has 0 fully saturated rings.